The van der Waals surface area contributed by atoms with Crippen molar-refractivity contribution in [2.45, 2.75) is 40.2 Å². The molecule has 0 saturated carbocycles. The number of rotatable bonds is 5. The standard InChI is InChI=1S/C14H22N2O/c1-9(2)7-11(4)17-13-6-5-10(3)8-12(13)14(15)16/h5-6,8-9,11H,7H2,1-4H3,(H3,15,16). The van der Waals surface area contributed by atoms with E-state index in [0.29, 0.717) is 17.2 Å². The Morgan fingerprint density at radius 2 is 2.00 bits per heavy atom. The highest BCUT2D eigenvalue weighted by Crippen LogP contribution is 2.22. The van der Waals surface area contributed by atoms with Gasteiger partial charge in [0.05, 0.1) is 11.7 Å². The zero-order valence-corrected chi connectivity index (χ0v) is 11.1. The Labute approximate surface area is 103 Å². The summed E-state index contributed by atoms with van der Waals surface area (Å²) in [5, 5.41) is 7.56. The van der Waals surface area contributed by atoms with E-state index in [1.807, 2.05) is 32.0 Å². The van der Waals surface area contributed by atoms with Crippen molar-refractivity contribution in [1.82, 2.24) is 0 Å². The van der Waals surface area contributed by atoms with Crippen LogP contribution in [0.25, 0.3) is 0 Å². The SMILES string of the molecule is Cc1ccc(OC(C)CC(C)C)c(C(=N)N)c1. The monoisotopic (exact) mass is 234 g/mol. The van der Waals surface area contributed by atoms with Gasteiger partial charge >= 0.3 is 0 Å². The predicted molar refractivity (Wildman–Crippen MR) is 71.7 cm³/mol. The molecule has 0 aromatic heterocycles. The van der Waals surface area contributed by atoms with Gasteiger partial charge in [0, 0.05) is 0 Å². The summed E-state index contributed by atoms with van der Waals surface area (Å²) in [6.07, 6.45) is 1.13. The van der Waals surface area contributed by atoms with Crippen LogP contribution in [0.5, 0.6) is 5.75 Å². The maximum atomic E-state index is 7.56. The molecule has 1 unspecified atom stereocenters. The van der Waals surface area contributed by atoms with E-state index in [4.69, 9.17) is 15.9 Å². The molecule has 3 heteroatoms. The van der Waals surface area contributed by atoms with Crippen molar-refractivity contribution in [2.75, 3.05) is 0 Å². The van der Waals surface area contributed by atoms with Crippen LogP contribution in [0.15, 0.2) is 18.2 Å². The fraction of sp³-hybridized carbons (Fsp3) is 0.500. The molecule has 3 N–H and O–H groups in total. The molecule has 1 rings (SSSR count). The van der Waals surface area contributed by atoms with Crippen LogP contribution >= 0.6 is 0 Å². The summed E-state index contributed by atoms with van der Waals surface area (Å²) < 4.78 is 5.85. The number of benzene rings is 1. The summed E-state index contributed by atoms with van der Waals surface area (Å²) in [5.41, 5.74) is 7.33. The van der Waals surface area contributed by atoms with Crippen LogP contribution in [0, 0.1) is 18.3 Å². The first kappa shape index (κ1) is 13.6. The Balaban J connectivity index is 2.86. The maximum absolute atomic E-state index is 7.56. The summed E-state index contributed by atoms with van der Waals surface area (Å²) in [6.45, 7) is 8.36. The van der Waals surface area contributed by atoms with Crippen LogP contribution in [-0.2, 0) is 0 Å². The summed E-state index contributed by atoms with van der Waals surface area (Å²) >= 11 is 0. The molecule has 0 aliphatic carbocycles. The molecule has 0 heterocycles. The van der Waals surface area contributed by atoms with Crippen molar-refractivity contribution < 1.29 is 4.74 Å². The highest BCUT2D eigenvalue weighted by molar-refractivity contribution is 5.97. The van der Waals surface area contributed by atoms with E-state index in [0.717, 1.165) is 12.0 Å². The molecule has 1 aromatic carbocycles. The number of hydrogen-bond donors (Lipinski definition) is 2. The second-order valence-electron chi connectivity index (χ2n) is 4.97. The minimum Gasteiger partial charge on any atom is -0.490 e. The second-order valence-corrected chi connectivity index (χ2v) is 4.97. The van der Waals surface area contributed by atoms with Crippen LogP contribution in [0.1, 0.15) is 38.3 Å². The van der Waals surface area contributed by atoms with Gasteiger partial charge in [0.2, 0.25) is 0 Å². The van der Waals surface area contributed by atoms with E-state index < -0.39 is 0 Å². The molecule has 0 spiro atoms. The van der Waals surface area contributed by atoms with Crippen LogP contribution in [-0.4, -0.2) is 11.9 Å². The van der Waals surface area contributed by atoms with E-state index in [1.165, 1.54) is 0 Å². The number of nitrogens with two attached hydrogens (primary N) is 1. The van der Waals surface area contributed by atoms with Gasteiger partial charge in [-0.25, -0.2) is 0 Å². The first-order chi connectivity index (χ1) is 7.90. The third-order valence-electron chi connectivity index (χ3n) is 2.56. The average Bonchev–Trinajstić information content (AvgIpc) is 2.19. The van der Waals surface area contributed by atoms with Crippen LogP contribution in [0.3, 0.4) is 0 Å². The molecule has 0 bridgehead atoms. The summed E-state index contributed by atoms with van der Waals surface area (Å²) in [7, 11) is 0. The van der Waals surface area contributed by atoms with Crippen LogP contribution < -0.4 is 10.5 Å². The lowest BCUT2D eigenvalue weighted by atomic mass is 10.1. The summed E-state index contributed by atoms with van der Waals surface area (Å²) in [4.78, 5) is 0. The number of ether oxygens (including phenoxy) is 1. The Morgan fingerprint density at radius 1 is 1.35 bits per heavy atom. The predicted octanol–water partition coefficient (Wildman–Crippen LogP) is 3.09. The second kappa shape index (κ2) is 5.71. The highest BCUT2D eigenvalue weighted by Gasteiger charge is 2.11. The largest absolute Gasteiger partial charge is 0.490 e. The fourth-order valence-corrected chi connectivity index (χ4v) is 1.89. The Morgan fingerprint density at radius 3 is 2.53 bits per heavy atom. The Bertz CT molecular complexity index is 399. The van der Waals surface area contributed by atoms with Crippen molar-refractivity contribution in [3.8, 4) is 5.75 Å². The average molecular weight is 234 g/mol. The lowest BCUT2D eigenvalue weighted by Crippen LogP contribution is -2.18. The first-order valence-corrected chi connectivity index (χ1v) is 6.02. The van der Waals surface area contributed by atoms with Gasteiger partial charge < -0.3 is 10.5 Å². The Hall–Kier alpha value is -1.51. The van der Waals surface area contributed by atoms with E-state index in [9.17, 15) is 0 Å². The molecule has 0 fully saturated rings. The lowest BCUT2D eigenvalue weighted by molar-refractivity contribution is 0.193. The lowest BCUT2D eigenvalue weighted by Gasteiger charge is -2.19. The van der Waals surface area contributed by atoms with Gasteiger partial charge in [-0.05, 0) is 38.3 Å². The smallest absolute Gasteiger partial charge is 0.130 e. The zero-order valence-electron chi connectivity index (χ0n) is 11.1. The zero-order chi connectivity index (χ0) is 13.0. The topological polar surface area (TPSA) is 59.1 Å². The Kier molecular flexibility index (Phi) is 4.55. The van der Waals surface area contributed by atoms with Gasteiger partial charge in [-0.15, -0.1) is 0 Å². The molecule has 0 amide bonds. The minimum absolute atomic E-state index is 0.0560. The summed E-state index contributed by atoms with van der Waals surface area (Å²) in [6, 6.07) is 5.76. The van der Waals surface area contributed by atoms with E-state index in [2.05, 4.69) is 13.8 Å². The quantitative estimate of drug-likeness (QED) is 0.607. The van der Waals surface area contributed by atoms with Crippen molar-refractivity contribution >= 4 is 5.84 Å². The number of hydrogen-bond acceptors (Lipinski definition) is 2. The third-order valence-corrected chi connectivity index (χ3v) is 2.56. The highest BCUT2D eigenvalue weighted by atomic mass is 16.5. The number of aryl methyl sites for hydroxylation is 1. The molecular weight excluding hydrogens is 212 g/mol. The van der Waals surface area contributed by atoms with Gasteiger partial charge in [0.15, 0.2) is 0 Å². The minimum atomic E-state index is 0.0560. The summed E-state index contributed by atoms with van der Waals surface area (Å²) in [5.74, 6) is 1.35. The van der Waals surface area contributed by atoms with Crippen LogP contribution in [0.4, 0.5) is 0 Å². The molecule has 94 valence electrons. The number of nitrogen functional groups attached to an aromatic ring is 1. The van der Waals surface area contributed by atoms with E-state index >= 15 is 0 Å². The number of amidine groups is 1. The van der Waals surface area contributed by atoms with Gasteiger partial charge in [-0.3, -0.25) is 5.41 Å². The first-order valence-electron chi connectivity index (χ1n) is 6.02. The molecule has 17 heavy (non-hydrogen) atoms. The van der Waals surface area contributed by atoms with Gasteiger partial charge in [0.1, 0.15) is 11.6 Å². The molecular formula is C14H22N2O. The van der Waals surface area contributed by atoms with Crippen molar-refractivity contribution in [3.05, 3.63) is 29.3 Å². The van der Waals surface area contributed by atoms with Crippen molar-refractivity contribution in [2.24, 2.45) is 11.7 Å². The molecule has 0 radical (unpaired) electrons. The molecule has 3 nitrogen and oxygen atoms in total. The molecule has 0 aliphatic heterocycles. The van der Waals surface area contributed by atoms with Crippen LogP contribution in [0.2, 0.25) is 0 Å². The van der Waals surface area contributed by atoms with Gasteiger partial charge in [-0.2, -0.15) is 0 Å². The molecule has 1 aromatic rings. The maximum Gasteiger partial charge on any atom is 0.130 e. The molecule has 1 atom stereocenters. The third kappa shape index (κ3) is 4.10. The van der Waals surface area contributed by atoms with Gasteiger partial charge in [-0.1, -0.05) is 25.5 Å². The van der Waals surface area contributed by atoms with E-state index in [-0.39, 0.29) is 11.9 Å². The molecule has 0 saturated heterocycles. The normalized spacial score (nSPS) is 12.5. The van der Waals surface area contributed by atoms with Crippen molar-refractivity contribution in [3.63, 3.8) is 0 Å². The number of nitrogens with one attached hydrogen (secondary N) is 1. The van der Waals surface area contributed by atoms with Gasteiger partial charge in [0.25, 0.3) is 0 Å². The molecule has 0 aliphatic rings. The van der Waals surface area contributed by atoms with Crippen molar-refractivity contribution in [1.29, 1.82) is 5.41 Å². The van der Waals surface area contributed by atoms with E-state index in [1.54, 1.807) is 0 Å². The fourth-order valence-electron chi connectivity index (χ4n) is 1.89.